The number of carbonyl (C=O) groups excluding carboxylic acids is 2. The van der Waals surface area contributed by atoms with Crippen LogP contribution in [0.3, 0.4) is 0 Å². The molecule has 1 aliphatic heterocycles. The summed E-state index contributed by atoms with van der Waals surface area (Å²) in [6, 6.07) is 0. The smallest absolute Gasteiger partial charge is 0.307 e. The molecule has 1 fully saturated rings. The lowest BCUT2D eigenvalue weighted by Gasteiger charge is -2.21. The van der Waals surface area contributed by atoms with Crippen LogP contribution in [0.25, 0.3) is 0 Å². The Morgan fingerprint density at radius 3 is 2.36 bits per heavy atom. The summed E-state index contributed by atoms with van der Waals surface area (Å²) in [5, 5.41) is 0. The maximum Gasteiger partial charge on any atom is 0.307 e. The second kappa shape index (κ2) is 2.32. The molecule has 11 heavy (non-hydrogen) atoms. The SMILES string of the molecule is CC(=O)C1CC(=O)OC1(C)C. The van der Waals surface area contributed by atoms with E-state index in [1.165, 1.54) is 6.92 Å². The lowest BCUT2D eigenvalue weighted by atomic mass is 9.88. The molecule has 0 radical (unpaired) electrons. The van der Waals surface area contributed by atoms with Gasteiger partial charge in [0.05, 0.1) is 12.3 Å². The quantitative estimate of drug-likeness (QED) is 0.530. The van der Waals surface area contributed by atoms with Crippen molar-refractivity contribution in [2.24, 2.45) is 5.92 Å². The molecular formula is C8H12O3. The van der Waals surface area contributed by atoms with Crippen molar-refractivity contribution in [3.63, 3.8) is 0 Å². The Bertz CT molecular complexity index is 205. The van der Waals surface area contributed by atoms with Crippen molar-refractivity contribution >= 4 is 11.8 Å². The lowest BCUT2D eigenvalue weighted by Crippen LogP contribution is -2.31. The van der Waals surface area contributed by atoms with Crippen LogP contribution in [0.1, 0.15) is 27.2 Å². The predicted molar refractivity (Wildman–Crippen MR) is 39.0 cm³/mol. The Morgan fingerprint density at radius 1 is 1.64 bits per heavy atom. The highest BCUT2D eigenvalue weighted by atomic mass is 16.6. The number of cyclic esters (lactones) is 1. The van der Waals surface area contributed by atoms with E-state index in [1.807, 2.05) is 0 Å². The summed E-state index contributed by atoms with van der Waals surface area (Å²) in [5.74, 6) is -0.494. The van der Waals surface area contributed by atoms with E-state index < -0.39 is 5.60 Å². The number of ether oxygens (including phenoxy) is 1. The van der Waals surface area contributed by atoms with Crippen LogP contribution in [0, 0.1) is 5.92 Å². The maximum atomic E-state index is 11.0. The van der Waals surface area contributed by atoms with Crippen molar-refractivity contribution in [3.8, 4) is 0 Å². The molecule has 62 valence electrons. The Hall–Kier alpha value is -0.860. The van der Waals surface area contributed by atoms with Gasteiger partial charge in [-0.05, 0) is 20.8 Å². The second-order valence-electron chi connectivity index (χ2n) is 3.44. The third kappa shape index (κ3) is 1.42. The van der Waals surface area contributed by atoms with Gasteiger partial charge in [0.15, 0.2) is 0 Å². The van der Waals surface area contributed by atoms with Gasteiger partial charge in [-0.15, -0.1) is 0 Å². The molecule has 1 unspecified atom stereocenters. The normalized spacial score (nSPS) is 28.3. The van der Waals surface area contributed by atoms with E-state index in [1.54, 1.807) is 13.8 Å². The number of ketones is 1. The van der Waals surface area contributed by atoms with Crippen LogP contribution in [0.5, 0.6) is 0 Å². The topological polar surface area (TPSA) is 43.4 Å². The summed E-state index contributed by atoms with van der Waals surface area (Å²) in [5.41, 5.74) is -0.594. The standard InChI is InChI=1S/C8H12O3/c1-5(9)6-4-7(10)11-8(6,2)3/h6H,4H2,1-3H3. The number of rotatable bonds is 1. The van der Waals surface area contributed by atoms with Crippen molar-refractivity contribution in [2.45, 2.75) is 32.8 Å². The molecule has 0 aromatic rings. The monoisotopic (exact) mass is 156 g/mol. The molecule has 1 saturated heterocycles. The molecule has 0 aromatic heterocycles. The molecule has 3 nitrogen and oxygen atoms in total. The van der Waals surface area contributed by atoms with Gasteiger partial charge in [-0.3, -0.25) is 9.59 Å². The molecule has 0 aromatic carbocycles. The van der Waals surface area contributed by atoms with Gasteiger partial charge in [-0.2, -0.15) is 0 Å². The van der Waals surface area contributed by atoms with Crippen molar-refractivity contribution in [1.82, 2.24) is 0 Å². The van der Waals surface area contributed by atoms with Gasteiger partial charge < -0.3 is 4.74 Å². The van der Waals surface area contributed by atoms with Crippen LogP contribution in [0.15, 0.2) is 0 Å². The molecule has 0 bridgehead atoms. The maximum absolute atomic E-state index is 11.0. The van der Waals surface area contributed by atoms with Gasteiger partial charge in [-0.25, -0.2) is 0 Å². The molecule has 1 rings (SSSR count). The van der Waals surface area contributed by atoms with Crippen LogP contribution in [-0.2, 0) is 14.3 Å². The molecular weight excluding hydrogens is 144 g/mol. The first-order chi connectivity index (χ1) is 4.93. The van der Waals surface area contributed by atoms with Gasteiger partial charge in [0.1, 0.15) is 11.4 Å². The largest absolute Gasteiger partial charge is 0.459 e. The zero-order valence-corrected chi connectivity index (χ0v) is 7.01. The fraction of sp³-hybridized carbons (Fsp3) is 0.750. The van der Waals surface area contributed by atoms with Gasteiger partial charge in [0.2, 0.25) is 0 Å². The summed E-state index contributed by atoms with van der Waals surface area (Å²) >= 11 is 0. The average molecular weight is 156 g/mol. The number of esters is 1. The van der Waals surface area contributed by atoms with Gasteiger partial charge in [-0.1, -0.05) is 0 Å². The second-order valence-corrected chi connectivity index (χ2v) is 3.44. The van der Waals surface area contributed by atoms with Crippen LogP contribution < -0.4 is 0 Å². The molecule has 1 heterocycles. The molecule has 3 heteroatoms. The van der Waals surface area contributed by atoms with Crippen LogP contribution in [0.2, 0.25) is 0 Å². The van der Waals surface area contributed by atoms with Crippen LogP contribution in [0.4, 0.5) is 0 Å². The van der Waals surface area contributed by atoms with Crippen molar-refractivity contribution in [1.29, 1.82) is 0 Å². The van der Waals surface area contributed by atoms with E-state index in [2.05, 4.69) is 0 Å². The predicted octanol–water partition coefficient (Wildman–Crippen LogP) is 0.917. The number of carbonyl (C=O) groups is 2. The molecule has 1 aliphatic rings. The van der Waals surface area contributed by atoms with E-state index in [-0.39, 0.29) is 24.1 Å². The minimum absolute atomic E-state index is 0.0286. The van der Waals surface area contributed by atoms with Crippen molar-refractivity contribution < 1.29 is 14.3 Å². The molecule has 0 saturated carbocycles. The Labute approximate surface area is 65.7 Å². The summed E-state index contributed by atoms with van der Waals surface area (Å²) in [6.07, 6.45) is 0.238. The van der Waals surface area contributed by atoms with E-state index >= 15 is 0 Å². The Balaban J connectivity index is 2.82. The number of Topliss-reactive ketones (excluding diaryl/α,β-unsaturated/α-hetero) is 1. The van der Waals surface area contributed by atoms with Gasteiger partial charge in [0, 0.05) is 0 Å². The van der Waals surface area contributed by atoms with E-state index in [9.17, 15) is 9.59 Å². The molecule has 0 amide bonds. The molecule has 0 aliphatic carbocycles. The minimum atomic E-state index is -0.594. The third-order valence-corrected chi connectivity index (χ3v) is 2.08. The minimum Gasteiger partial charge on any atom is -0.459 e. The summed E-state index contributed by atoms with van der Waals surface area (Å²) in [7, 11) is 0. The van der Waals surface area contributed by atoms with Crippen LogP contribution >= 0.6 is 0 Å². The van der Waals surface area contributed by atoms with E-state index in [4.69, 9.17) is 4.74 Å². The highest BCUT2D eigenvalue weighted by molar-refractivity contribution is 5.87. The summed E-state index contributed by atoms with van der Waals surface area (Å²) in [6.45, 7) is 5.03. The lowest BCUT2D eigenvalue weighted by molar-refractivity contribution is -0.147. The van der Waals surface area contributed by atoms with E-state index in [0.717, 1.165) is 0 Å². The fourth-order valence-corrected chi connectivity index (χ4v) is 1.45. The molecule has 1 atom stereocenters. The first-order valence-corrected chi connectivity index (χ1v) is 3.66. The highest BCUT2D eigenvalue weighted by Crippen LogP contribution is 2.32. The first-order valence-electron chi connectivity index (χ1n) is 3.66. The number of hydrogen-bond donors (Lipinski definition) is 0. The van der Waals surface area contributed by atoms with Crippen molar-refractivity contribution in [3.05, 3.63) is 0 Å². The molecule has 0 N–H and O–H groups in total. The highest BCUT2D eigenvalue weighted by Gasteiger charge is 2.44. The van der Waals surface area contributed by atoms with Crippen molar-refractivity contribution in [2.75, 3.05) is 0 Å². The summed E-state index contributed by atoms with van der Waals surface area (Å²) in [4.78, 5) is 21.8. The Morgan fingerprint density at radius 2 is 2.18 bits per heavy atom. The average Bonchev–Trinajstić information content (AvgIpc) is 2.04. The Kier molecular flexibility index (Phi) is 1.74. The van der Waals surface area contributed by atoms with E-state index in [0.29, 0.717) is 0 Å². The van der Waals surface area contributed by atoms with Gasteiger partial charge >= 0.3 is 5.97 Å². The summed E-state index contributed by atoms with van der Waals surface area (Å²) < 4.78 is 4.96. The van der Waals surface area contributed by atoms with Gasteiger partial charge in [0.25, 0.3) is 0 Å². The van der Waals surface area contributed by atoms with Crippen LogP contribution in [-0.4, -0.2) is 17.4 Å². The number of hydrogen-bond acceptors (Lipinski definition) is 3. The third-order valence-electron chi connectivity index (χ3n) is 2.08. The zero-order valence-electron chi connectivity index (χ0n) is 7.01. The fourth-order valence-electron chi connectivity index (χ4n) is 1.45. The zero-order chi connectivity index (χ0) is 8.65. The first kappa shape index (κ1) is 8.24. The molecule has 0 spiro atoms.